The molecule has 0 saturated carbocycles. The van der Waals surface area contributed by atoms with Crippen molar-refractivity contribution in [3.8, 4) is 0 Å². The van der Waals surface area contributed by atoms with Crippen molar-refractivity contribution >= 4 is 12.0 Å². The number of aromatic nitrogens is 1. The number of hydrogen-bond donors (Lipinski definition) is 2. The minimum absolute atomic E-state index is 0.186. The molecule has 0 saturated heterocycles. The number of rotatable bonds is 3. The zero-order valence-corrected chi connectivity index (χ0v) is 11.9. The second-order valence-corrected chi connectivity index (χ2v) is 5.45. The summed E-state index contributed by atoms with van der Waals surface area (Å²) in [6.07, 6.45) is 3.44. The molecular formula is C17H14FNO3. The highest BCUT2D eigenvalue weighted by atomic mass is 19.1. The second kappa shape index (κ2) is 5.03. The molecule has 0 radical (unpaired) electrons. The van der Waals surface area contributed by atoms with Crippen LogP contribution in [0.3, 0.4) is 0 Å². The quantitative estimate of drug-likeness (QED) is 0.914. The molecule has 1 aromatic carbocycles. The van der Waals surface area contributed by atoms with Crippen molar-refractivity contribution in [1.29, 1.82) is 0 Å². The summed E-state index contributed by atoms with van der Waals surface area (Å²) in [6.45, 7) is 1.61. The molecule has 2 aromatic rings. The average molecular weight is 299 g/mol. The number of carbonyl (C=O) groups is 1. The first-order valence-electron chi connectivity index (χ1n) is 6.80. The van der Waals surface area contributed by atoms with Gasteiger partial charge in [0, 0.05) is 6.20 Å². The highest BCUT2D eigenvalue weighted by Crippen LogP contribution is 2.38. The molecular weight excluding hydrogens is 285 g/mol. The number of carboxylic acid groups (broad SMARTS) is 1. The molecule has 0 amide bonds. The molecule has 0 aliphatic heterocycles. The maximum absolute atomic E-state index is 13.0. The van der Waals surface area contributed by atoms with E-state index in [1.807, 2.05) is 0 Å². The molecule has 0 spiro atoms. The van der Waals surface area contributed by atoms with E-state index in [1.165, 1.54) is 36.5 Å². The van der Waals surface area contributed by atoms with Crippen LogP contribution in [0.4, 0.5) is 4.39 Å². The summed E-state index contributed by atoms with van der Waals surface area (Å²) in [7, 11) is 0. The van der Waals surface area contributed by atoms with Crippen molar-refractivity contribution in [2.24, 2.45) is 0 Å². The number of pyridine rings is 1. The minimum Gasteiger partial charge on any atom is -0.478 e. The molecule has 0 fully saturated rings. The smallest absolute Gasteiger partial charge is 0.336 e. The Morgan fingerprint density at radius 2 is 1.95 bits per heavy atom. The molecule has 112 valence electrons. The average Bonchev–Trinajstić information content (AvgIpc) is 2.92. The lowest BCUT2D eigenvalue weighted by Crippen LogP contribution is -2.24. The van der Waals surface area contributed by atoms with Crippen LogP contribution in [-0.4, -0.2) is 21.2 Å². The van der Waals surface area contributed by atoms with Crippen LogP contribution >= 0.6 is 0 Å². The van der Waals surface area contributed by atoms with E-state index < -0.39 is 11.6 Å². The fraction of sp³-hybridized carbons (Fsp3) is 0.176. The predicted molar refractivity (Wildman–Crippen MR) is 78.8 cm³/mol. The lowest BCUT2D eigenvalue weighted by Gasteiger charge is -2.25. The van der Waals surface area contributed by atoms with E-state index in [1.54, 1.807) is 13.0 Å². The summed E-state index contributed by atoms with van der Waals surface area (Å²) in [6, 6.07) is 7.06. The number of nitrogens with zero attached hydrogens (tertiary/aromatic N) is 1. The highest BCUT2D eigenvalue weighted by Gasteiger charge is 2.33. The Kier molecular flexibility index (Phi) is 3.30. The van der Waals surface area contributed by atoms with Gasteiger partial charge in [-0.25, -0.2) is 9.18 Å². The third-order valence-electron chi connectivity index (χ3n) is 4.03. The number of carboxylic acids is 1. The van der Waals surface area contributed by atoms with E-state index >= 15 is 0 Å². The van der Waals surface area contributed by atoms with Gasteiger partial charge in [0.1, 0.15) is 11.4 Å². The number of aromatic carboxylic acids is 1. The van der Waals surface area contributed by atoms with E-state index in [-0.39, 0.29) is 11.4 Å². The summed E-state index contributed by atoms with van der Waals surface area (Å²) in [5, 5.41) is 20.0. The van der Waals surface area contributed by atoms with Crippen LogP contribution in [-0.2, 0) is 12.0 Å². The standard InChI is InChI=1S/C17H14FNO3/c1-17(22,10-2-4-12(18)5-3-10)11-8-14-13(16(20)21)6-7-19-15(14)9-11/h2-7,9,22H,8H2,1H3,(H,20,21). The first-order valence-corrected chi connectivity index (χ1v) is 6.80. The van der Waals surface area contributed by atoms with Gasteiger partial charge in [-0.05, 0) is 54.3 Å². The van der Waals surface area contributed by atoms with E-state index in [0.29, 0.717) is 28.8 Å². The summed E-state index contributed by atoms with van der Waals surface area (Å²) in [5.74, 6) is -1.40. The van der Waals surface area contributed by atoms with Gasteiger partial charge in [-0.2, -0.15) is 0 Å². The van der Waals surface area contributed by atoms with E-state index in [4.69, 9.17) is 0 Å². The molecule has 1 aliphatic carbocycles. The number of benzene rings is 1. The van der Waals surface area contributed by atoms with Gasteiger partial charge in [0.15, 0.2) is 0 Å². The van der Waals surface area contributed by atoms with Crippen molar-refractivity contribution in [1.82, 2.24) is 4.98 Å². The second-order valence-electron chi connectivity index (χ2n) is 5.45. The Hall–Kier alpha value is -2.53. The Balaban J connectivity index is 1.99. The van der Waals surface area contributed by atoms with Gasteiger partial charge < -0.3 is 10.2 Å². The number of hydrogen-bond acceptors (Lipinski definition) is 3. The lowest BCUT2D eigenvalue weighted by atomic mass is 9.86. The first-order chi connectivity index (χ1) is 10.4. The van der Waals surface area contributed by atoms with Gasteiger partial charge in [-0.3, -0.25) is 4.98 Å². The monoisotopic (exact) mass is 299 g/mol. The van der Waals surface area contributed by atoms with Crippen LogP contribution in [0.25, 0.3) is 6.08 Å². The number of aliphatic hydroxyl groups is 1. The summed E-state index contributed by atoms with van der Waals surface area (Å²) < 4.78 is 13.0. The fourth-order valence-corrected chi connectivity index (χ4v) is 2.70. The zero-order chi connectivity index (χ0) is 15.9. The van der Waals surface area contributed by atoms with Crippen molar-refractivity contribution < 1.29 is 19.4 Å². The first kappa shape index (κ1) is 14.4. The van der Waals surface area contributed by atoms with E-state index in [0.717, 1.165) is 0 Å². The van der Waals surface area contributed by atoms with Gasteiger partial charge in [0.2, 0.25) is 0 Å². The SMILES string of the molecule is CC(O)(C1=Cc2nccc(C(=O)O)c2C1)c1ccc(F)cc1. The van der Waals surface area contributed by atoms with Crippen LogP contribution in [0.15, 0.2) is 42.1 Å². The normalized spacial score (nSPS) is 15.9. The fourth-order valence-electron chi connectivity index (χ4n) is 2.70. The van der Waals surface area contributed by atoms with Crippen molar-refractivity contribution in [2.45, 2.75) is 18.9 Å². The van der Waals surface area contributed by atoms with Crippen LogP contribution < -0.4 is 0 Å². The van der Waals surface area contributed by atoms with Crippen LogP contribution in [0.2, 0.25) is 0 Å². The lowest BCUT2D eigenvalue weighted by molar-refractivity contribution is 0.0694. The van der Waals surface area contributed by atoms with E-state index in [9.17, 15) is 19.4 Å². The van der Waals surface area contributed by atoms with Gasteiger partial charge >= 0.3 is 5.97 Å². The summed E-state index contributed by atoms with van der Waals surface area (Å²) in [4.78, 5) is 15.4. The molecule has 22 heavy (non-hydrogen) atoms. The zero-order valence-electron chi connectivity index (χ0n) is 11.9. The molecule has 2 N–H and O–H groups in total. The van der Waals surface area contributed by atoms with Gasteiger partial charge in [0.25, 0.3) is 0 Å². The third-order valence-corrected chi connectivity index (χ3v) is 4.03. The predicted octanol–water partition coefficient (Wildman–Crippen LogP) is 2.77. The Morgan fingerprint density at radius 3 is 2.59 bits per heavy atom. The summed E-state index contributed by atoms with van der Waals surface area (Å²) in [5.41, 5.74) is 1.19. The van der Waals surface area contributed by atoms with Crippen LogP contribution in [0, 0.1) is 5.82 Å². The van der Waals surface area contributed by atoms with Crippen molar-refractivity contribution in [3.05, 3.63) is 70.3 Å². The Bertz CT molecular complexity index is 779. The number of halogens is 1. The van der Waals surface area contributed by atoms with Crippen molar-refractivity contribution in [2.75, 3.05) is 0 Å². The molecule has 3 rings (SSSR count). The molecule has 1 heterocycles. The maximum Gasteiger partial charge on any atom is 0.336 e. The summed E-state index contributed by atoms with van der Waals surface area (Å²) >= 11 is 0. The molecule has 1 aliphatic rings. The third kappa shape index (κ3) is 2.29. The Morgan fingerprint density at radius 1 is 1.27 bits per heavy atom. The van der Waals surface area contributed by atoms with Gasteiger partial charge in [0.05, 0.1) is 11.3 Å². The highest BCUT2D eigenvalue weighted by molar-refractivity contribution is 5.91. The molecule has 5 heteroatoms. The molecule has 1 aromatic heterocycles. The van der Waals surface area contributed by atoms with Gasteiger partial charge in [-0.1, -0.05) is 12.1 Å². The molecule has 1 unspecified atom stereocenters. The number of fused-ring (bicyclic) bond motifs is 1. The Labute approximate surface area is 126 Å². The molecule has 1 atom stereocenters. The van der Waals surface area contributed by atoms with E-state index in [2.05, 4.69) is 4.98 Å². The largest absolute Gasteiger partial charge is 0.478 e. The van der Waals surface area contributed by atoms with Crippen molar-refractivity contribution in [3.63, 3.8) is 0 Å². The van der Waals surface area contributed by atoms with Crippen LogP contribution in [0.5, 0.6) is 0 Å². The molecule has 4 nitrogen and oxygen atoms in total. The molecule has 0 bridgehead atoms. The van der Waals surface area contributed by atoms with Gasteiger partial charge in [-0.15, -0.1) is 0 Å². The maximum atomic E-state index is 13.0. The topological polar surface area (TPSA) is 70.4 Å². The van der Waals surface area contributed by atoms with Crippen LogP contribution in [0.1, 0.15) is 34.1 Å². The minimum atomic E-state index is -1.32.